The third-order valence-corrected chi connectivity index (χ3v) is 4.08. The predicted molar refractivity (Wildman–Crippen MR) is 97.4 cm³/mol. The fourth-order valence-electron chi connectivity index (χ4n) is 2.72. The van der Waals surface area contributed by atoms with E-state index in [9.17, 15) is 24.8 Å². The number of nitrogens with zero attached hydrogens (tertiary/aromatic N) is 2. The molecule has 0 saturated carbocycles. The zero-order valence-electron chi connectivity index (χ0n) is 14.0. The van der Waals surface area contributed by atoms with Crippen LogP contribution in [0.25, 0.3) is 10.9 Å². The highest BCUT2D eigenvalue weighted by Gasteiger charge is 2.22. The number of pyridine rings is 1. The number of carboxylic acid groups (broad SMARTS) is 1. The number of non-ortho nitro benzene ring substituents is 1. The number of hydrogen-bond acceptors (Lipinski definition) is 5. The molecule has 0 unspecified atom stereocenters. The Hall–Kier alpha value is -3.81. The van der Waals surface area contributed by atoms with Crippen LogP contribution in [0.2, 0.25) is 0 Å². The normalized spacial score (nSPS) is 11.7. The fourth-order valence-corrected chi connectivity index (χ4v) is 2.72. The SMILES string of the molecule is O=C(N[C@H](Cc1ccc([N+](=O)[O-])cc1)C(=O)O)c1ccnc2ccccc12. The van der Waals surface area contributed by atoms with Crippen LogP contribution in [0.5, 0.6) is 0 Å². The van der Waals surface area contributed by atoms with Crippen LogP contribution >= 0.6 is 0 Å². The van der Waals surface area contributed by atoms with Gasteiger partial charge in [0.25, 0.3) is 11.6 Å². The quantitative estimate of drug-likeness (QED) is 0.511. The number of carbonyl (C=O) groups is 2. The van der Waals surface area contributed by atoms with Gasteiger partial charge in [0, 0.05) is 30.1 Å². The molecule has 1 heterocycles. The third kappa shape index (κ3) is 4.06. The summed E-state index contributed by atoms with van der Waals surface area (Å²) in [5, 5.41) is 23.3. The Morgan fingerprint density at radius 1 is 1.11 bits per heavy atom. The second kappa shape index (κ2) is 7.61. The van der Waals surface area contributed by atoms with E-state index in [2.05, 4.69) is 10.3 Å². The highest BCUT2D eigenvalue weighted by Crippen LogP contribution is 2.17. The topological polar surface area (TPSA) is 122 Å². The Morgan fingerprint density at radius 3 is 2.48 bits per heavy atom. The molecule has 0 aliphatic heterocycles. The maximum Gasteiger partial charge on any atom is 0.326 e. The predicted octanol–water partition coefficient (Wildman–Crippen LogP) is 2.57. The molecule has 0 spiro atoms. The Morgan fingerprint density at radius 2 is 1.81 bits per heavy atom. The summed E-state index contributed by atoms with van der Waals surface area (Å²) in [7, 11) is 0. The number of nitro benzene ring substituents is 1. The highest BCUT2D eigenvalue weighted by atomic mass is 16.6. The van der Waals surface area contributed by atoms with E-state index in [-0.39, 0.29) is 12.1 Å². The number of carbonyl (C=O) groups excluding carboxylic acids is 1. The van der Waals surface area contributed by atoms with Gasteiger partial charge in [0.2, 0.25) is 0 Å². The smallest absolute Gasteiger partial charge is 0.326 e. The number of aromatic nitrogens is 1. The Labute approximate surface area is 153 Å². The molecule has 27 heavy (non-hydrogen) atoms. The summed E-state index contributed by atoms with van der Waals surface area (Å²) < 4.78 is 0. The summed E-state index contributed by atoms with van der Waals surface area (Å²) in [4.78, 5) is 38.5. The number of para-hydroxylation sites is 1. The zero-order valence-corrected chi connectivity index (χ0v) is 14.0. The van der Waals surface area contributed by atoms with Crippen LogP contribution in [-0.4, -0.2) is 32.9 Å². The van der Waals surface area contributed by atoms with Crippen molar-refractivity contribution in [2.24, 2.45) is 0 Å². The van der Waals surface area contributed by atoms with Crippen molar-refractivity contribution >= 4 is 28.5 Å². The van der Waals surface area contributed by atoms with E-state index in [1.807, 2.05) is 0 Å². The number of amides is 1. The highest BCUT2D eigenvalue weighted by molar-refractivity contribution is 6.06. The van der Waals surface area contributed by atoms with Crippen molar-refractivity contribution in [2.75, 3.05) is 0 Å². The second-order valence-electron chi connectivity index (χ2n) is 5.87. The van der Waals surface area contributed by atoms with E-state index in [4.69, 9.17) is 0 Å². The second-order valence-corrected chi connectivity index (χ2v) is 5.87. The van der Waals surface area contributed by atoms with Crippen LogP contribution in [-0.2, 0) is 11.2 Å². The minimum Gasteiger partial charge on any atom is -0.480 e. The molecule has 0 fully saturated rings. The van der Waals surface area contributed by atoms with Crippen molar-refractivity contribution in [2.45, 2.75) is 12.5 Å². The molecule has 0 bridgehead atoms. The lowest BCUT2D eigenvalue weighted by atomic mass is 10.0. The van der Waals surface area contributed by atoms with Gasteiger partial charge in [0.05, 0.1) is 16.0 Å². The molecule has 3 rings (SSSR count). The van der Waals surface area contributed by atoms with Gasteiger partial charge in [0.1, 0.15) is 6.04 Å². The first kappa shape index (κ1) is 18.0. The number of hydrogen-bond donors (Lipinski definition) is 2. The number of carboxylic acids is 1. The van der Waals surface area contributed by atoms with E-state index in [0.29, 0.717) is 22.0 Å². The summed E-state index contributed by atoms with van der Waals surface area (Å²) in [5.41, 5.74) is 1.44. The van der Waals surface area contributed by atoms with Gasteiger partial charge < -0.3 is 10.4 Å². The Bertz CT molecular complexity index is 1010. The van der Waals surface area contributed by atoms with E-state index in [1.54, 1.807) is 24.3 Å². The molecule has 1 atom stereocenters. The van der Waals surface area contributed by atoms with Crippen LogP contribution in [0.15, 0.2) is 60.8 Å². The molecule has 3 aromatic rings. The van der Waals surface area contributed by atoms with Gasteiger partial charge in [-0.05, 0) is 17.7 Å². The average molecular weight is 365 g/mol. The third-order valence-electron chi connectivity index (χ3n) is 4.08. The van der Waals surface area contributed by atoms with Crippen molar-refractivity contribution in [1.29, 1.82) is 0 Å². The molecular formula is C19H15N3O5. The maximum atomic E-state index is 12.6. The van der Waals surface area contributed by atoms with E-state index in [1.165, 1.54) is 36.5 Å². The molecule has 0 saturated heterocycles. The van der Waals surface area contributed by atoms with Crippen LogP contribution in [0.4, 0.5) is 5.69 Å². The van der Waals surface area contributed by atoms with Crippen molar-refractivity contribution in [1.82, 2.24) is 10.3 Å². The molecule has 2 N–H and O–H groups in total. The van der Waals surface area contributed by atoms with Crippen molar-refractivity contribution in [3.8, 4) is 0 Å². The van der Waals surface area contributed by atoms with Crippen molar-refractivity contribution in [3.63, 3.8) is 0 Å². The van der Waals surface area contributed by atoms with Gasteiger partial charge in [0.15, 0.2) is 0 Å². The van der Waals surface area contributed by atoms with Gasteiger partial charge in [-0.3, -0.25) is 19.9 Å². The number of fused-ring (bicyclic) bond motifs is 1. The van der Waals surface area contributed by atoms with Crippen LogP contribution in [0.1, 0.15) is 15.9 Å². The summed E-state index contributed by atoms with van der Waals surface area (Å²) in [6, 6.07) is 13.0. The van der Waals surface area contributed by atoms with Crippen molar-refractivity contribution < 1.29 is 19.6 Å². The molecule has 1 amide bonds. The van der Waals surface area contributed by atoms with Gasteiger partial charge in [-0.2, -0.15) is 0 Å². The van der Waals surface area contributed by atoms with Gasteiger partial charge in [-0.1, -0.05) is 30.3 Å². The molecule has 0 aliphatic carbocycles. The molecule has 8 nitrogen and oxygen atoms in total. The van der Waals surface area contributed by atoms with E-state index in [0.717, 1.165) is 0 Å². The lowest BCUT2D eigenvalue weighted by Gasteiger charge is -2.15. The number of nitrogens with one attached hydrogen (secondary N) is 1. The number of rotatable bonds is 6. The van der Waals surface area contributed by atoms with Gasteiger partial charge in [-0.15, -0.1) is 0 Å². The molecular weight excluding hydrogens is 350 g/mol. The molecule has 8 heteroatoms. The maximum absolute atomic E-state index is 12.6. The van der Waals surface area contributed by atoms with Crippen LogP contribution in [0, 0.1) is 10.1 Å². The van der Waals surface area contributed by atoms with E-state index < -0.39 is 22.8 Å². The number of nitro groups is 1. The molecule has 2 aromatic carbocycles. The monoisotopic (exact) mass is 365 g/mol. The minimum absolute atomic E-state index is 0.00207. The largest absolute Gasteiger partial charge is 0.480 e. The minimum atomic E-state index is -1.19. The molecule has 0 aliphatic rings. The summed E-state index contributed by atoms with van der Waals surface area (Å²) in [6.07, 6.45) is 1.49. The number of aliphatic carboxylic acids is 1. The lowest BCUT2D eigenvalue weighted by molar-refractivity contribution is -0.384. The average Bonchev–Trinajstić information content (AvgIpc) is 2.67. The van der Waals surface area contributed by atoms with E-state index >= 15 is 0 Å². The Kier molecular flexibility index (Phi) is 5.07. The van der Waals surface area contributed by atoms with Crippen LogP contribution < -0.4 is 5.32 Å². The zero-order chi connectivity index (χ0) is 19.4. The molecule has 1 aromatic heterocycles. The fraction of sp³-hybridized carbons (Fsp3) is 0.105. The summed E-state index contributed by atoms with van der Waals surface area (Å²) >= 11 is 0. The summed E-state index contributed by atoms with van der Waals surface area (Å²) in [6.45, 7) is 0. The van der Waals surface area contributed by atoms with Gasteiger partial charge >= 0.3 is 5.97 Å². The molecule has 136 valence electrons. The number of benzene rings is 2. The standard InChI is InChI=1S/C19H15N3O5/c23-18(15-9-10-20-16-4-2-1-3-14(15)16)21-17(19(24)25)11-12-5-7-13(8-6-12)22(26)27/h1-10,17H,11H2,(H,21,23)(H,24,25)/t17-/m1/s1. The molecule has 0 radical (unpaired) electrons. The van der Waals surface area contributed by atoms with Crippen LogP contribution in [0.3, 0.4) is 0 Å². The first-order valence-corrected chi connectivity index (χ1v) is 8.06. The lowest BCUT2D eigenvalue weighted by Crippen LogP contribution is -2.42. The first-order chi connectivity index (χ1) is 13.0. The van der Waals surface area contributed by atoms with Crippen molar-refractivity contribution in [3.05, 3.63) is 82.0 Å². The summed E-state index contributed by atoms with van der Waals surface area (Å²) in [5.74, 6) is -1.72. The first-order valence-electron chi connectivity index (χ1n) is 8.06. The van der Waals surface area contributed by atoms with Gasteiger partial charge in [-0.25, -0.2) is 4.79 Å². The Balaban J connectivity index is 1.80.